The Hall–Kier alpha value is -4.21. The second kappa shape index (κ2) is 10.3. The number of hydrogen-bond donors (Lipinski definition) is 2. The number of halogens is 1. The van der Waals surface area contributed by atoms with Crippen LogP contribution in [0, 0.1) is 0 Å². The fraction of sp³-hybridized carbons (Fsp3) is 0.214. The molecule has 3 heterocycles. The summed E-state index contributed by atoms with van der Waals surface area (Å²) in [5, 5.41) is 6.88. The molecule has 0 spiro atoms. The van der Waals surface area contributed by atoms with Crippen molar-refractivity contribution in [3.05, 3.63) is 82.9 Å². The molecule has 0 fully saturated rings. The molecule has 38 heavy (non-hydrogen) atoms. The van der Waals surface area contributed by atoms with Gasteiger partial charge in [-0.05, 0) is 44.4 Å². The Labute approximate surface area is 225 Å². The highest BCUT2D eigenvalue weighted by Gasteiger charge is 2.29. The first-order chi connectivity index (χ1) is 18.2. The van der Waals surface area contributed by atoms with Crippen molar-refractivity contribution in [1.82, 2.24) is 24.3 Å². The quantitative estimate of drug-likeness (QED) is 0.349. The van der Waals surface area contributed by atoms with Crippen molar-refractivity contribution in [2.75, 3.05) is 44.9 Å². The van der Waals surface area contributed by atoms with Gasteiger partial charge in [0.2, 0.25) is 0 Å². The summed E-state index contributed by atoms with van der Waals surface area (Å²) in [4.78, 5) is 38.9. The molecule has 0 saturated carbocycles. The van der Waals surface area contributed by atoms with Crippen LogP contribution in [0.1, 0.15) is 21.6 Å². The zero-order valence-corrected chi connectivity index (χ0v) is 22.4. The summed E-state index contributed by atoms with van der Waals surface area (Å²) in [6.07, 6.45) is 5.11. The molecule has 0 radical (unpaired) electrons. The van der Waals surface area contributed by atoms with E-state index in [9.17, 15) is 9.59 Å². The maximum atomic E-state index is 13.3. The predicted octanol–water partition coefficient (Wildman–Crippen LogP) is 4.19. The van der Waals surface area contributed by atoms with E-state index in [4.69, 9.17) is 11.6 Å². The van der Waals surface area contributed by atoms with Crippen LogP contribution in [-0.2, 0) is 11.8 Å². The highest BCUT2D eigenvalue weighted by atomic mass is 35.5. The van der Waals surface area contributed by atoms with Crippen LogP contribution in [0.5, 0.6) is 0 Å². The topological polar surface area (TPSA) is 95.4 Å². The van der Waals surface area contributed by atoms with E-state index < -0.39 is 0 Å². The van der Waals surface area contributed by atoms with Crippen LogP contribution >= 0.6 is 11.6 Å². The standard InChI is InChI=1S/C28H28ClN7O2/c1-34(2)11-12-35(3)28(38)24-15-19(16-36(24)4)32-26(17-5-8-21-23(13-17)31-10-9-30-21)25-20-7-6-18(29)14-22(20)33-27(25)37/h5-10,13-16,32H,11-12H2,1-4H3,(H,33,37). The van der Waals surface area contributed by atoms with Gasteiger partial charge in [0, 0.05) is 61.9 Å². The summed E-state index contributed by atoms with van der Waals surface area (Å²) in [6, 6.07) is 12.8. The molecule has 0 saturated heterocycles. The van der Waals surface area contributed by atoms with E-state index in [1.165, 1.54) is 0 Å². The Kier molecular flexibility index (Phi) is 6.88. The molecule has 194 valence electrons. The van der Waals surface area contributed by atoms with Gasteiger partial charge in [-0.2, -0.15) is 0 Å². The van der Waals surface area contributed by atoms with Gasteiger partial charge in [0.25, 0.3) is 11.8 Å². The van der Waals surface area contributed by atoms with Gasteiger partial charge in [0.05, 0.1) is 33.7 Å². The second-order valence-electron chi connectivity index (χ2n) is 9.53. The molecule has 9 nitrogen and oxygen atoms in total. The normalized spacial score (nSPS) is 14.0. The summed E-state index contributed by atoms with van der Waals surface area (Å²) in [5.41, 5.74) is 5.84. The number of aromatic nitrogens is 3. The SMILES string of the molecule is CN(C)CCN(C)C(=O)c1cc(NC(=C2C(=O)Nc3cc(Cl)ccc32)c2ccc3nccnc3c2)cn1C. The van der Waals surface area contributed by atoms with E-state index in [-0.39, 0.29) is 11.8 Å². The minimum absolute atomic E-state index is 0.0869. The van der Waals surface area contributed by atoms with Crippen molar-refractivity contribution >= 4 is 57.1 Å². The summed E-state index contributed by atoms with van der Waals surface area (Å²) in [5.74, 6) is -0.337. The van der Waals surface area contributed by atoms with E-state index in [1.807, 2.05) is 56.5 Å². The van der Waals surface area contributed by atoms with Crippen molar-refractivity contribution < 1.29 is 9.59 Å². The Morgan fingerprint density at radius 1 is 1.03 bits per heavy atom. The third kappa shape index (κ3) is 4.98. The van der Waals surface area contributed by atoms with Gasteiger partial charge in [-0.3, -0.25) is 19.6 Å². The third-order valence-electron chi connectivity index (χ3n) is 6.46. The number of hydrogen-bond acceptors (Lipinski definition) is 6. The van der Waals surface area contributed by atoms with Crippen LogP contribution in [0.3, 0.4) is 0 Å². The predicted molar refractivity (Wildman–Crippen MR) is 151 cm³/mol. The number of nitrogens with one attached hydrogen (secondary N) is 2. The molecule has 5 rings (SSSR count). The molecule has 0 bridgehead atoms. The van der Waals surface area contributed by atoms with Gasteiger partial charge < -0.3 is 25.0 Å². The summed E-state index contributed by atoms with van der Waals surface area (Å²) < 4.78 is 1.79. The minimum Gasteiger partial charge on any atom is -0.353 e. The largest absolute Gasteiger partial charge is 0.353 e. The van der Waals surface area contributed by atoms with Gasteiger partial charge in [-0.25, -0.2) is 0 Å². The molecule has 10 heteroatoms. The lowest BCUT2D eigenvalue weighted by Crippen LogP contribution is -2.34. The zero-order valence-electron chi connectivity index (χ0n) is 21.6. The number of amides is 2. The number of benzene rings is 2. The fourth-order valence-electron chi connectivity index (χ4n) is 4.43. The van der Waals surface area contributed by atoms with Crippen LogP contribution in [-0.4, -0.2) is 70.4 Å². The first kappa shape index (κ1) is 25.4. The lowest BCUT2D eigenvalue weighted by atomic mass is 9.99. The Bertz CT molecular complexity index is 1590. The molecule has 2 amide bonds. The van der Waals surface area contributed by atoms with Gasteiger partial charge in [0.15, 0.2) is 0 Å². The van der Waals surface area contributed by atoms with Crippen LogP contribution in [0.25, 0.3) is 22.3 Å². The Morgan fingerprint density at radius 2 is 1.79 bits per heavy atom. The lowest BCUT2D eigenvalue weighted by molar-refractivity contribution is -0.110. The number of carbonyl (C=O) groups excluding carboxylic acids is 2. The maximum Gasteiger partial charge on any atom is 0.270 e. The molecule has 2 aromatic heterocycles. The summed E-state index contributed by atoms with van der Waals surface area (Å²) in [6.45, 7) is 1.37. The summed E-state index contributed by atoms with van der Waals surface area (Å²) >= 11 is 6.19. The maximum absolute atomic E-state index is 13.3. The molecule has 4 aromatic rings. The number of nitrogens with zero attached hydrogens (tertiary/aromatic N) is 5. The molecule has 1 aliphatic rings. The highest BCUT2D eigenvalue weighted by Crippen LogP contribution is 2.39. The minimum atomic E-state index is -0.250. The number of rotatable bonds is 7. The van der Waals surface area contributed by atoms with Crippen LogP contribution in [0.15, 0.2) is 61.1 Å². The average molecular weight is 530 g/mol. The third-order valence-corrected chi connectivity index (χ3v) is 6.69. The Balaban J connectivity index is 1.58. The molecule has 2 aromatic carbocycles. The first-order valence-corrected chi connectivity index (χ1v) is 12.5. The van der Waals surface area contributed by atoms with Crippen LogP contribution < -0.4 is 10.6 Å². The number of fused-ring (bicyclic) bond motifs is 2. The van der Waals surface area contributed by atoms with Crippen molar-refractivity contribution in [3.63, 3.8) is 0 Å². The average Bonchev–Trinajstić information content (AvgIpc) is 3.42. The second-order valence-corrected chi connectivity index (χ2v) is 9.97. The van der Waals surface area contributed by atoms with E-state index in [0.717, 1.165) is 23.2 Å². The summed E-state index contributed by atoms with van der Waals surface area (Å²) in [7, 11) is 7.57. The van der Waals surface area contributed by atoms with E-state index in [1.54, 1.807) is 47.1 Å². The molecular weight excluding hydrogens is 502 g/mol. The van der Waals surface area contributed by atoms with Gasteiger partial charge >= 0.3 is 0 Å². The molecule has 0 aliphatic carbocycles. The van der Waals surface area contributed by atoms with Crippen LogP contribution in [0.2, 0.25) is 5.02 Å². The lowest BCUT2D eigenvalue weighted by Gasteiger charge is -2.19. The van der Waals surface area contributed by atoms with E-state index in [2.05, 4.69) is 20.6 Å². The Morgan fingerprint density at radius 3 is 2.55 bits per heavy atom. The number of likely N-dealkylation sites (N-methyl/N-ethyl adjacent to an activating group) is 2. The highest BCUT2D eigenvalue weighted by molar-refractivity contribution is 6.38. The molecule has 1 aliphatic heterocycles. The number of aryl methyl sites for hydroxylation is 1. The monoisotopic (exact) mass is 529 g/mol. The van der Waals surface area contributed by atoms with E-state index >= 15 is 0 Å². The molecule has 0 unspecified atom stereocenters. The van der Waals surface area contributed by atoms with Crippen molar-refractivity contribution in [3.8, 4) is 0 Å². The zero-order chi connectivity index (χ0) is 27.0. The van der Waals surface area contributed by atoms with E-state index in [0.29, 0.717) is 45.4 Å². The molecule has 0 atom stereocenters. The van der Waals surface area contributed by atoms with Gasteiger partial charge in [0.1, 0.15) is 5.69 Å². The van der Waals surface area contributed by atoms with Gasteiger partial charge in [-0.15, -0.1) is 0 Å². The smallest absolute Gasteiger partial charge is 0.270 e. The molecule has 2 N–H and O–H groups in total. The van der Waals surface area contributed by atoms with Gasteiger partial charge in [-0.1, -0.05) is 23.7 Å². The fourth-order valence-corrected chi connectivity index (χ4v) is 4.60. The van der Waals surface area contributed by atoms with Crippen molar-refractivity contribution in [2.45, 2.75) is 0 Å². The first-order valence-electron chi connectivity index (χ1n) is 12.1. The van der Waals surface area contributed by atoms with Crippen LogP contribution in [0.4, 0.5) is 11.4 Å². The van der Waals surface area contributed by atoms with Crippen molar-refractivity contribution in [2.24, 2.45) is 7.05 Å². The van der Waals surface area contributed by atoms with Crippen molar-refractivity contribution in [1.29, 1.82) is 0 Å². The molecular formula is C28H28ClN7O2. The number of carbonyl (C=O) groups is 2. The number of anilines is 2.